The Morgan fingerprint density at radius 1 is 1.29 bits per heavy atom. The van der Waals surface area contributed by atoms with E-state index in [0.29, 0.717) is 47.7 Å². The Labute approximate surface area is 168 Å². The molecule has 0 aliphatic heterocycles. The maximum atomic E-state index is 11.4. The smallest absolute Gasteiger partial charge is 0.371 e. The highest BCUT2D eigenvalue weighted by molar-refractivity contribution is 7.84. The van der Waals surface area contributed by atoms with Gasteiger partial charge in [0.15, 0.2) is 0 Å². The summed E-state index contributed by atoms with van der Waals surface area (Å²) in [5.41, 5.74) is 3.82. The minimum atomic E-state index is -4.02. The summed E-state index contributed by atoms with van der Waals surface area (Å²) in [6.07, 6.45) is 8.26. The summed E-state index contributed by atoms with van der Waals surface area (Å²) in [6.45, 7) is 4.44. The van der Waals surface area contributed by atoms with E-state index in [1.165, 1.54) is 30.4 Å². The van der Waals surface area contributed by atoms with Crippen molar-refractivity contribution in [2.45, 2.75) is 71.1 Å². The van der Waals surface area contributed by atoms with Gasteiger partial charge in [-0.05, 0) is 96.8 Å². The molecule has 3 aliphatic rings. The van der Waals surface area contributed by atoms with Gasteiger partial charge in [0, 0.05) is 6.42 Å². The molecule has 0 aromatic heterocycles. The fourth-order valence-corrected chi connectivity index (χ4v) is 7.08. The van der Waals surface area contributed by atoms with Gasteiger partial charge in [-0.3, -0.25) is 0 Å². The second-order valence-corrected chi connectivity index (χ2v) is 10.3. The van der Waals surface area contributed by atoms with E-state index in [9.17, 15) is 13.7 Å². The summed E-state index contributed by atoms with van der Waals surface area (Å²) in [5, 5.41) is 14.4. The van der Waals surface area contributed by atoms with Crippen LogP contribution in [0.15, 0.2) is 12.1 Å². The van der Waals surface area contributed by atoms with Crippen LogP contribution in [0.4, 0.5) is 0 Å². The molecular formula is C22H30N2O3S. The van der Waals surface area contributed by atoms with E-state index < -0.39 is 10.3 Å². The minimum Gasteiger partial charge on any atom is -0.371 e. The monoisotopic (exact) mass is 402 g/mol. The van der Waals surface area contributed by atoms with Gasteiger partial charge in [-0.2, -0.15) is 18.8 Å². The van der Waals surface area contributed by atoms with Crippen molar-refractivity contribution in [1.82, 2.24) is 0 Å². The number of rotatable bonds is 4. The Morgan fingerprint density at radius 2 is 2.07 bits per heavy atom. The molecule has 3 aliphatic carbocycles. The Morgan fingerprint density at radius 3 is 2.75 bits per heavy atom. The first-order chi connectivity index (χ1) is 13.3. The third-order valence-electron chi connectivity index (χ3n) is 8.03. The molecule has 2 N–H and O–H groups in total. The van der Waals surface area contributed by atoms with Gasteiger partial charge in [0.05, 0.1) is 6.07 Å². The number of benzene rings is 1. The molecule has 4 rings (SSSR count). The highest BCUT2D eigenvalue weighted by Gasteiger charge is 2.54. The number of hydrogen-bond acceptors (Lipinski definition) is 4. The fraction of sp³-hybridized carbons (Fsp3) is 0.682. The minimum absolute atomic E-state index is 0.304. The van der Waals surface area contributed by atoms with E-state index in [4.69, 9.17) is 9.32 Å². The Kier molecular flexibility index (Phi) is 4.96. The topological polar surface area (TPSA) is 93.2 Å². The van der Waals surface area contributed by atoms with Crippen molar-refractivity contribution in [2.75, 3.05) is 0 Å². The van der Waals surface area contributed by atoms with E-state index in [2.05, 4.69) is 19.1 Å². The molecule has 0 bridgehead atoms. The first-order valence-electron chi connectivity index (χ1n) is 10.5. The summed E-state index contributed by atoms with van der Waals surface area (Å²) in [7, 11) is -4.02. The average molecular weight is 403 g/mol. The molecule has 1 aromatic carbocycles. The SMILES string of the molecule is CCc1cc2c(cc1OS(N)(=O)=O)CCC1C2CC[C@@]2(C)C1CC[C@@H]2CC#N. The lowest BCUT2D eigenvalue weighted by molar-refractivity contribution is 0.0297. The molecule has 5 nitrogen and oxygen atoms in total. The molecular weight excluding hydrogens is 372 g/mol. The lowest BCUT2D eigenvalue weighted by atomic mass is 9.54. The predicted octanol–water partition coefficient (Wildman–Crippen LogP) is 4.22. The van der Waals surface area contributed by atoms with E-state index >= 15 is 0 Å². The molecule has 1 aromatic rings. The van der Waals surface area contributed by atoms with Crippen molar-refractivity contribution in [2.24, 2.45) is 28.3 Å². The van der Waals surface area contributed by atoms with Crippen molar-refractivity contribution in [1.29, 1.82) is 5.26 Å². The van der Waals surface area contributed by atoms with Crippen LogP contribution < -0.4 is 9.32 Å². The van der Waals surface area contributed by atoms with E-state index in [-0.39, 0.29) is 0 Å². The second kappa shape index (κ2) is 7.03. The normalized spacial score (nSPS) is 34.1. The highest BCUT2D eigenvalue weighted by atomic mass is 32.2. The van der Waals surface area contributed by atoms with Crippen molar-refractivity contribution >= 4 is 10.3 Å². The van der Waals surface area contributed by atoms with Gasteiger partial charge in [0.2, 0.25) is 0 Å². The lowest BCUT2D eigenvalue weighted by Crippen LogP contribution is -2.42. The van der Waals surface area contributed by atoms with Gasteiger partial charge < -0.3 is 4.18 Å². The molecule has 0 heterocycles. The van der Waals surface area contributed by atoms with Crippen LogP contribution in [-0.4, -0.2) is 8.42 Å². The van der Waals surface area contributed by atoms with Gasteiger partial charge >= 0.3 is 10.3 Å². The van der Waals surface area contributed by atoms with Crippen molar-refractivity contribution < 1.29 is 12.6 Å². The molecule has 0 spiro atoms. The summed E-state index contributed by atoms with van der Waals surface area (Å²) in [6, 6.07) is 6.51. The molecule has 0 saturated heterocycles. The van der Waals surface area contributed by atoms with Gasteiger partial charge in [-0.1, -0.05) is 19.9 Å². The Balaban J connectivity index is 1.67. The Hall–Kier alpha value is -1.58. The summed E-state index contributed by atoms with van der Waals surface area (Å²) < 4.78 is 28.0. The highest BCUT2D eigenvalue weighted by Crippen LogP contribution is 2.63. The fourth-order valence-electron chi connectivity index (χ4n) is 6.68. The molecule has 3 unspecified atom stereocenters. The van der Waals surface area contributed by atoms with Crippen LogP contribution in [0.25, 0.3) is 0 Å². The maximum absolute atomic E-state index is 11.4. The van der Waals surface area contributed by atoms with Crippen LogP contribution >= 0.6 is 0 Å². The van der Waals surface area contributed by atoms with Crippen LogP contribution in [0.2, 0.25) is 0 Å². The standard InChI is InChI=1S/C22H30N2O3S/c1-3-14-12-19-15(13-21(14)27-28(24,25)26)4-6-18-17(19)8-10-22(2)16(9-11-23)5-7-20(18)22/h12-13,16-18,20H,3-10H2,1-2H3,(H2,24,25,26)/t16-,17?,18?,20?,22-/m1/s1. The summed E-state index contributed by atoms with van der Waals surface area (Å²) in [4.78, 5) is 0. The quantitative estimate of drug-likeness (QED) is 0.816. The zero-order valence-electron chi connectivity index (χ0n) is 16.8. The largest absolute Gasteiger partial charge is 0.380 e. The maximum Gasteiger partial charge on any atom is 0.380 e. The first-order valence-corrected chi connectivity index (χ1v) is 12.0. The molecule has 6 heteroatoms. The third-order valence-corrected chi connectivity index (χ3v) is 8.44. The van der Waals surface area contributed by atoms with Gasteiger partial charge in [0.25, 0.3) is 0 Å². The Bertz CT molecular complexity index is 920. The van der Waals surface area contributed by atoms with Crippen molar-refractivity contribution in [3.63, 3.8) is 0 Å². The molecule has 28 heavy (non-hydrogen) atoms. The number of nitriles is 1. The van der Waals surface area contributed by atoms with Crippen LogP contribution in [0.1, 0.15) is 75.0 Å². The summed E-state index contributed by atoms with van der Waals surface area (Å²) >= 11 is 0. The molecule has 0 amide bonds. The third kappa shape index (κ3) is 3.23. The molecule has 2 fully saturated rings. The van der Waals surface area contributed by atoms with E-state index in [0.717, 1.165) is 24.8 Å². The zero-order chi connectivity index (χ0) is 20.1. The van der Waals surface area contributed by atoms with Gasteiger partial charge in [-0.25, -0.2) is 0 Å². The van der Waals surface area contributed by atoms with Crippen molar-refractivity contribution in [3.05, 3.63) is 28.8 Å². The van der Waals surface area contributed by atoms with Gasteiger partial charge in [0.1, 0.15) is 5.75 Å². The van der Waals surface area contributed by atoms with Crippen LogP contribution in [-0.2, 0) is 23.1 Å². The lowest BCUT2D eigenvalue weighted by Gasteiger charge is -2.51. The number of aryl methyl sites for hydroxylation is 2. The van der Waals surface area contributed by atoms with Crippen molar-refractivity contribution in [3.8, 4) is 11.8 Å². The number of nitrogens with zero attached hydrogens (tertiary/aromatic N) is 1. The summed E-state index contributed by atoms with van der Waals surface area (Å²) in [5.74, 6) is 2.84. The van der Waals surface area contributed by atoms with Crippen LogP contribution in [0, 0.1) is 34.5 Å². The average Bonchev–Trinajstić information content (AvgIpc) is 2.96. The molecule has 152 valence electrons. The number of nitrogens with two attached hydrogens (primary N) is 1. The first kappa shape index (κ1) is 19.7. The second-order valence-electron chi connectivity index (χ2n) is 9.18. The number of fused-ring (bicyclic) bond motifs is 5. The van der Waals surface area contributed by atoms with Gasteiger partial charge in [-0.15, -0.1) is 0 Å². The van der Waals surface area contributed by atoms with Crippen LogP contribution in [0.3, 0.4) is 0 Å². The zero-order valence-corrected chi connectivity index (χ0v) is 17.6. The number of hydrogen-bond donors (Lipinski definition) is 1. The van der Waals surface area contributed by atoms with E-state index in [1.807, 2.05) is 13.0 Å². The molecule has 2 saturated carbocycles. The van der Waals surface area contributed by atoms with E-state index in [1.54, 1.807) is 0 Å². The van der Waals surface area contributed by atoms with Crippen LogP contribution in [0.5, 0.6) is 5.75 Å². The predicted molar refractivity (Wildman–Crippen MR) is 108 cm³/mol. The molecule has 5 atom stereocenters. The molecule has 0 radical (unpaired) electrons.